The molecule has 0 radical (unpaired) electrons. The maximum absolute atomic E-state index is 11.9. The molecule has 0 saturated heterocycles. The normalized spacial score (nSPS) is 16.0. The first-order chi connectivity index (χ1) is 9.52. The highest BCUT2D eigenvalue weighted by Gasteiger charge is 2.27. The molecule has 6 heteroatoms. The molecular weight excluding hydrogens is 290 g/mol. The molecule has 1 N–H and O–H groups in total. The van der Waals surface area contributed by atoms with E-state index in [9.17, 15) is 4.79 Å². The second kappa shape index (κ2) is 7.52. The molecule has 2 rings (SSSR count). The molecule has 21 heavy (non-hydrogen) atoms. The number of anilines is 1. The Morgan fingerprint density at radius 1 is 1.38 bits per heavy atom. The Kier molecular flexibility index (Phi) is 6.30. The molecule has 0 bridgehead atoms. The Bertz CT molecular complexity index is 494. The first-order valence-corrected chi connectivity index (χ1v) is 6.97. The molecule has 5 nitrogen and oxygen atoms in total. The fraction of sp³-hybridized carbons (Fsp3) is 0.533. The molecule has 1 heterocycles. The van der Waals surface area contributed by atoms with Crippen LogP contribution in [0.5, 0.6) is 5.75 Å². The zero-order chi connectivity index (χ0) is 14.7. The molecule has 1 aromatic rings. The second-order valence-electron chi connectivity index (χ2n) is 5.44. The summed E-state index contributed by atoms with van der Waals surface area (Å²) in [6.07, 6.45) is -0.309. The Balaban J connectivity index is 0.00000220. The van der Waals surface area contributed by atoms with Crippen molar-refractivity contribution in [3.05, 3.63) is 23.8 Å². The standard InChI is InChI=1S/C15H23N3O2.ClH/c1-5-18(4)15(19)20-13-8-6-7-12-14(13)11(9-16-12)10-17(2)3;/h6-8,11,16H,5,9-10H2,1-4H3;1H. The van der Waals surface area contributed by atoms with Crippen molar-refractivity contribution in [3.63, 3.8) is 0 Å². The van der Waals surface area contributed by atoms with Crippen molar-refractivity contribution < 1.29 is 9.53 Å². The lowest BCUT2D eigenvalue weighted by Crippen LogP contribution is -2.30. The van der Waals surface area contributed by atoms with Gasteiger partial charge in [0.1, 0.15) is 5.75 Å². The van der Waals surface area contributed by atoms with Gasteiger partial charge in [0.05, 0.1) is 0 Å². The summed E-state index contributed by atoms with van der Waals surface area (Å²) in [6.45, 7) is 4.37. The third-order valence-corrected chi connectivity index (χ3v) is 3.58. The predicted octanol–water partition coefficient (Wildman–Crippen LogP) is 2.63. The van der Waals surface area contributed by atoms with Crippen LogP contribution >= 0.6 is 12.4 Å². The lowest BCUT2D eigenvalue weighted by Gasteiger charge is -2.20. The number of hydrogen-bond donors (Lipinski definition) is 1. The fourth-order valence-corrected chi connectivity index (χ4v) is 2.44. The molecule has 0 aliphatic carbocycles. The summed E-state index contributed by atoms with van der Waals surface area (Å²) >= 11 is 0. The third kappa shape index (κ3) is 4.02. The van der Waals surface area contributed by atoms with Gasteiger partial charge in [-0.3, -0.25) is 0 Å². The zero-order valence-electron chi connectivity index (χ0n) is 13.0. The van der Waals surface area contributed by atoms with Gasteiger partial charge in [-0.05, 0) is 33.2 Å². The van der Waals surface area contributed by atoms with E-state index in [0.29, 0.717) is 18.2 Å². The van der Waals surface area contributed by atoms with Crippen LogP contribution in [0.4, 0.5) is 10.5 Å². The Hall–Kier alpha value is -1.46. The average Bonchev–Trinajstić information content (AvgIpc) is 2.81. The highest BCUT2D eigenvalue weighted by molar-refractivity contribution is 5.85. The van der Waals surface area contributed by atoms with Gasteiger partial charge >= 0.3 is 6.09 Å². The maximum atomic E-state index is 11.9. The lowest BCUT2D eigenvalue weighted by molar-refractivity contribution is 0.164. The van der Waals surface area contributed by atoms with E-state index in [0.717, 1.165) is 24.3 Å². The van der Waals surface area contributed by atoms with Crippen LogP contribution in [0.15, 0.2) is 18.2 Å². The molecule has 0 aromatic heterocycles. The van der Waals surface area contributed by atoms with E-state index in [4.69, 9.17) is 4.74 Å². The van der Waals surface area contributed by atoms with Gasteiger partial charge < -0.3 is 19.9 Å². The molecule has 1 aliphatic heterocycles. The minimum Gasteiger partial charge on any atom is -0.410 e. The molecule has 1 aliphatic rings. The lowest BCUT2D eigenvalue weighted by atomic mass is 10.00. The van der Waals surface area contributed by atoms with Gasteiger partial charge in [-0.15, -0.1) is 12.4 Å². The Morgan fingerprint density at radius 2 is 2.10 bits per heavy atom. The van der Waals surface area contributed by atoms with Gasteiger partial charge in [-0.2, -0.15) is 0 Å². The number of carbonyl (C=O) groups excluding carboxylic acids is 1. The van der Waals surface area contributed by atoms with Crippen LogP contribution in [0.25, 0.3) is 0 Å². The summed E-state index contributed by atoms with van der Waals surface area (Å²) in [5, 5.41) is 3.38. The topological polar surface area (TPSA) is 44.8 Å². The van der Waals surface area contributed by atoms with Crippen molar-refractivity contribution in [1.29, 1.82) is 0 Å². The number of likely N-dealkylation sites (N-methyl/N-ethyl adjacent to an activating group) is 1. The summed E-state index contributed by atoms with van der Waals surface area (Å²) in [7, 11) is 5.84. The van der Waals surface area contributed by atoms with Gasteiger partial charge in [0.15, 0.2) is 0 Å². The van der Waals surface area contributed by atoms with E-state index in [-0.39, 0.29) is 18.5 Å². The molecule has 1 atom stereocenters. The van der Waals surface area contributed by atoms with Crippen LogP contribution < -0.4 is 10.1 Å². The fourth-order valence-electron chi connectivity index (χ4n) is 2.44. The number of ether oxygens (including phenoxy) is 1. The molecule has 1 amide bonds. The number of nitrogens with one attached hydrogen (secondary N) is 1. The van der Waals surface area contributed by atoms with Gasteiger partial charge in [-0.1, -0.05) is 6.07 Å². The van der Waals surface area contributed by atoms with Crippen LogP contribution in [-0.4, -0.2) is 56.7 Å². The van der Waals surface area contributed by atoms with E-state index >= 15 is 0 Å². The minimum absolute atomic E-state index is 0. The smallest absolute Gasteiger partial charge is 0.410 e. The molecule has 1 unspecified atom stereocenters. The van der Waals surface area contributed by atoms with Crippen LogP contribution in [-0.2, 0) is 0 Å². The summed E-state index contributed by atoms with van der Waals surface area (Å²) in [5.74, 6) is 1.01. The van der Waals surface area contributed by atoms with Crippen molar-refractivity contribution in [3.8, 4) is 5.75 Å². The number of hydrogen-bond acceptors (Lipinski definition) is 4. The molecule has 0 saturated carbocycles. The zero-order valence-corrected chi connectivity index (χ0v) is 13.9. The molecule has 118 valence electrons. The number of benzene rings is 1. The maximum Gasteiger partial charge on any atom is 0.414 e. The number of carbonyl (C=O) groups is 1. The number of rotatable bonds is 4. The van der Waals surface area contributed by atoms with E-state index < -0.39 is 0 Å². The van der Waals surface area contributed by atoms with Gasteiger partial charge in [0, 0.05) is 43.9 Å². The van der Waals surface area contributed by atoms with Crippen LogP contribution in [0, 0.1) is 0 Å². The molecule has 0 spiro atoms. The summed E-state index contributed by atoms with van der Waals surface area (Å²) in [6, 6.07) is 5.82. The third-order valence-electron chi connectivity index (χ3n) is 3.58. The largest absolute Gasteiger partial charge is 0.414 e. The van der Waals surface area contributed by atoms with Crippen molar-refractivity contribution in [2.75, 3.05) is 46.1 Å². The van der Waals surface area contributed by atoms with Gasteiger partial charge in [0.25, 0.3) is 0 Å². The Morgan fingerprint density at radius 3 is 2.71 bits per heavy atom. The molecule has 0 fully saturated rings. The summed E-state index contributed by atoms with van der Waals surface area (Å²) in [4.78, 5) is 15.7. The van der Waals surface area contributed by atoms with Crippen molar-refractivity contribution in [2.24, 2.45) is 0 Å². The van der Waals surface area contributed by atoms with E-state index in [1.807, 2.05) is 25.1 Å². The average molecular weight is 314 g/mol. The van der Waals surface area contributed by atoms with Crippen LogP contribution in [0.2, 0.25) is 0 Å². The number of halogens is 1. The molecule has 1 aromatic carbocycles. The second-order valence-corrected chi connectivity index (χ2v) is 5.44. The number of fused-ring (bicyclic) bond motifs is 1. The highest BCUT2D eigenvalue weighted by atomic mass is 35.5. The van der Waals surface area contributed by atoms with E-state index in [2.05, 4.69) is 24.3 Å². The van der Waals surface area contributed by atoms with Crippen molar-refractivity contribution in [2.45, 2.75) is 12.8 Å². The van der Waals surface area contributed by atoms with Gasteiger partial charge in [-0.25, -0.2) is 4.79 Å². The molecular formula is C15H24ClN3O2. The highest BCUT2D eigenvalue weighted by Crippen LogP contribution is 2.38. The van der Waals surface area contributed by atoms with E-state index in [1.54, 1.807) is 11.9 Å². The summed E-state index contributed by atoms with van der Waals surface area (Å²) in [5.41, 5.74) is 2.18. The minimum atomic E-state index is -0.309. The quantitative estimate of drug-likeness (QED) is 0.928. The van der Waals surface area contributed by atoms with Gasteiger partial charge in [0.2, 0.25) is 0 Å². The SMILES string of the molecule is CCN(C)C(=O)Oc1cccc2c1C(CN(C)C)CN2.Cl. The first-order valence-electron chi connectivity index (χ1n) is 6.97. The Labute approximate surface area is 132 Å². The predicted molar refractivity (Wildman–Crippen MR) is 87.8 cm³/mol. The monoisotopic (exact) mass is 313 g/mol. The van der Waals surface area contributed by atoms with E-state index in [1.165, 1.54) is 0 Å². The van der Waals surface area contributed by atoms with Crippen LogP contribution in [0.3, 0.4) is 0 Å². The summed E-state index contributed by atoms with van der Waals surface area (Å²) < 4.78 is 5.55. The van der Waals surface area contributed by atoms with Crippen molar-refractivity contribution >= 4 is 24.2 Å². The van der Waals surface area contributed by atoms with Crippen LogP contribution in [0.1, 0.15) is 18.4 Å². The first kappa shape index (κ1) is 17.6. The number of nitrogens with zero attached hydrogens (tertiary/aromatic N) is 2. The van der Waals surface area contributed by atoms with Crippen molar-refractivity contribution in [1.82, 2.24) is 9.80 Å². The number of amides is 1.